The third-order valence-electron chi connectivity index (χ3n) is 2.95. The number of carbonyl (C=O) groups is 1. The topological polar surface area (TPSA) is 49.3 Å². The predicted octanol–water partition coefficient (Wildman–Crippen LogP) is 2.90. The maximum Gasteiger partial charge on any atom is 0.306 e. The highest BCUT2D eigenvalue weighted by molar-refractivity contribution is 9.10. The number of hydrogen-bond donors (Lipinski definition) is 2. The Morgan fingerprint density at radius 3 is 3.12 bits per heavy atom. The zero-order valence-electron chi connectivity index (χ0n) is 9.03. The molecule has 1 aromatic carbocycles. The van der Waals surface area contributed by atoms with Crippen molar-refractivity contribution in [2.45, 2.75) is 25.8 Å². The average Bonchev–Trinajstić information content (AvgIpc) is 2.58. The van der Waals surface area contributed by atoms with E-state index in [1.807, 2.05) is 12.1 Å². The number of rotatable bonds is 3. The third kappa shape index (κ3) is 2.38. The molecule has 0 aliphatic carbocycles. The van der Waals surface area contributed by atoms with E-state index in [0.29, 0.717) is 6.42 Å². The van der Waals surface area contributed by atoms with Gasteiger partial charge in [0.2, 0.25) is 0 Å². The van der Waals surface area contributed by atoms with Crippen molar-refractivity contribution < 1.29 is 9.90 Å². The molecule has 1 aliphatic rings. The van der Waals surface area contributed by atoms with Crippen molar-refractivity contribution in [1.29, 1.82) is 0 Å². The minimum atomic E-state index is -0.723. The fourth-order valence-electron chi connectivity index (χ4n) is 2.08. The zero-order valence-corrected chi connectivity index (χ0v) is 10.6. The molecular formula is C12H14BrNO2. The van der Waals surface area contributed by atoms with Gasteiger partial charge >= 0.3 is 5.97 Å². The Morgan fingerprint density at radius 1 is 1.69 bits per heavy atom. The lowest BCUT2D eigenvalue weighted by Crippen LogP contribution is -2.22. The quantitative estimate of drug-likeness (QED) is 0.897. The van der Waals surface area contributed by atoms with Gasteiger partial charge in [-0.2, -0.15) is 0 Å². The smallest absolute Gasteiger partial charge is 0.306 e. The summed E-state index contributed by atoms with van der Waals surface area (Å²) < 4.78 is 1.07. The fourth-order valence-corrected chi connectivity index (χ4v) is 2.49. The van der Waals surface area contributed by atoms with Gasteiger partial charge < -0.3 is 10.4 Å². The van der Waals surface area contributed by atoms with Gasteiger partial charge in [0.05, 0.1) is 5.92 Å². The van der Waals surface area contributed by atoms with Gasteiger partial charge in [0.1, 0.15) is 0 Å². The van der Waals surface area contributed by atoms with Gasteiger partial charge in [-0.05, 0) is 36.6 Å². The number of nitrogens with one attached hydrogen (secondary N) is 1. The Morgan fingerprint density at radius 2 is 2.44 bits per heavy atom. The molecule has 86 valence electrons. The lowest BCUT2D eigenvalue weighted by molar-refractivity contribution is -0.141. The molecule has 1 aromatic rings. The second-order valence-electron chi connectivity index (χ2n) is 4.32. The van der Waals surface area contributed by atoms with E-state index in [1.165, 1.54) is 5.56 Å². The number of carboxylic acids is 1. The molecule has 0 bridgehead atoms. The number of aliphatic carboxylic acids is 1. The molecule has 16 heavy (non-hydrogen) atoms. The predicted molar refractivity (Wildman–Crippen MR) is 66.7 cm³/mol. The molecule has 1 aliphatic heterocycles. The second-order valence-corrected chi connectivity index (χ2v) is 5.24. The van der Waals surface area contributed by atoms with E-state index in [2.05, 4.69) is 27.3 Å². The lowest BCUT2D eigenvalue weighted by Gasteiger charge is -2.13. The van der Waals surface area contributed by atoms with Gasteiger partial charge in [-0.1, -0.05) is 22.9 Å². The molecule has 0 spiro atoms. The van der Waals surface area contributed by atoms with E-state index in [4.69, 9.17) is 5.11 Å². The molecule has 2 rings (SSSR count). The molecule has 0 aromatic heterocycles. The number of fused-ring (bicyclic) bond motifs is 1. The van der Waals surface area contributed by atoms with Crippen LogP contribution < -0.4 is 5.32 Å². The minimum Gasteiger partial charge on any atom is -0.481 e. The maximum absolute atomic E-state index is 10.8. The molecule has 0 radical (unpaired) electrons. The summed E-state index contributed by atoms with van der Waals surface area (Å²) in [7, 11) is 0. The van der Waals surface area contributed by atoms with Crippen LogP contribution in [0.15, 0.2) is 22.7 Å². The van der Waals surface area contributed by atoms with E-state index < -0.39 is 5.97 Å². The van der Waals surface area contributed by atoms with Crippen molar-refractivity contribution in [3.05, 3.63) is 28.2 Å². The molecule has 0 amide bonds. The van der Waals surface area contributed by atoms with Gasteiger partial charge in [0, 0.05) is 16.2 Å². The summed E-state index contributed by atoms with van der Waals surface area (Å²) in [5.74, 6) is -1.02. The van der Waals surface area contributed by atoms with Crippen molar-refractivity contribution in [3.8, 4) is 0 Å². The molecule has 0 fully saturated rings. The van der Waals surface area contributed by atoms with Crippen LogP contribution in [0.25, 0.3) is 0 Å². The van der Waals surface area contributed by atoms with E-state index >= 15 is 0 Å². The summed E-state index contributed by atoms with van der Waals surface area (Å²) >= 11 is 3.44. The van der Waals surface area contributed by atoms with Crippen LogP contribution in [0.5, 0.6) is 0 Å². The van der Waals surface area contributed by atoms with Gasteiger partial charge in [-0.15, -0.1) is 0 Å². The molecule has 0 saturated heterocycles. The molecule has 2 atom stereocenters. The number of hydrogen-bond acceptors (Lipinski definition) is 2. The van der Waals surface area contributed by atoms with Crippen LogP contribution in [0.4, 0.5) is 5.69 Å². The second kappa shape index (κ2) is 4.45. The lowest BCUT2D eigenvalue weighted by atomic mass is 9.99. The first-order chi connectivity index (χ1) is 7.56. The number of halogens is 1. The van der Waals surface area contributed by atoms with Crippen molar-refractivity contribution >= 4 is 27.6 Å². The van der Waals surface area contributed by atoms with Crippen LogP contribution >= 0.6 is 15.9 Å². The Labute approximate surface area is 103 Å². The summed E-state index contributed by atoms with van der Waals surface area (Å²) in [4.78, 5) is 10.8. The van der Waals surface area contributed by atoms with E-state index in [9.17, 15) is 4.79 Å². The Bertz CT molecular complexity index is 419. The normalized spacial score (nSPS) is 20.0. The number of benzene rings is 1. The fraction of sp³-hybridized carbons (Fsp3) is 0.417. The first-order valence-corrected chi connectivity index (χ1v) is 6.13. The molecular weight excluding hydrogens is 270 g/mol. The number of carboxylic acid groups (broad SMARTS) is 1. The number of anilines is 1. The van der Waals surface area contributed by atoms with Crippen molar-refractivity contribution in [2.75, 3.05) is 5.32 Å². The highest BCUT2D eigenvalue weighted by Crippen LogP contribution is 2.30. The maximum atomic E-state index is 10.8. The van der Waals surface area contributed by atoms with Crippen LogP contribution in [-0.4, -0.2) is 17.1 Å². The van der Waals surface area contributed by atoms with Gasteiger partial charge in [0.25, 0.3) is 0 Å². The Balaban J connectivity index is 2.03. The first-order valence-electron chi connectivity index (χ1n) is 5.34. The minimum absolute atomic E-state index is 0.246. The largest absolute Gasteiger partial charge is 0.481 e. The molecule has 2 N–H and O–H groups in total. The summed E-state index contributed by atoms with van der Waals surface area (Å²) in [6.45, 7) is 1.75. The molecule has 1 heterocycles. The van der Waals surface area contributed by atoms with Gasteiger partial charge in [-0.3, -0.25) is 4.79 Å². The zero-order chi connectivity index (χ0) is 11.7. The van der Waals surface area contributed by atoms with Crippen LogP contribution in [0.3, 0.4) is 0 Å². The SMILES string of the molecule is CC(CC1Cc2cc(Br)ccc2N1)C(=O)O. The molecule has 0 saturated carbocycles. The Hall–Kier alpha value is -1.03. The Kier molecular flexibility index (Phi) is 3.19. The summed E-state index contributed by atoms with van der Waals surface area (Å²) in [6, 6.07) is 6.36. The standard InChI is InChI=1S/C12H14BrNO2/c1-7(12(15)16)4-10-6-8-5-9(13)2-3-11(8)14-10/h2-3,5,7,10,14H,4,6H2,1H3,(H,15,16). The van der Waals surface area contributed by atoms with Crippen LogP contribution in [0, 0.1) is 5.92 Å². The van der Waals surface area contributed by atoms with E-state index in [1.54, 1.807) is 6.92 Å². The van der Waals surface area contributed by atoms with Crippen LogP contribution in [0.2, 0.25) is 0 Å². The van der Waals surface area contributed by atoms with Crippen molar-refractivity contribution in [1.82, 2.24) is 0 Å². The van der Waals surface area contributed by atoms with Crippen molar-refractivity contribution in [3.63, 3.8) is 0 Å². The third-order valence-corrected chi connectivity index (χ3v) is 3.45. The monoisotopic (exact) mass is 283 g/mol. The molecule has 3 nitrogen and oxygen atoms in total. The molecule has 4 heteroatoms. The van der Waals surface area contributed by atoms with Gasteiger partial charge in [0.15, 0.2) is 0 Å². The summed E-state index contributed by atoms with van der Waals surface area (Å²) in [5, 5.41) is 12.2. The van der Waals surface area contributed by atoms with Crippen LogP contribution in [0.1, 0.15) is 18.9 Å². The molecule has 2 unspecified atom stereocenters. The highest BCUT2D eigenvalue weighted by atomic mass is 79.9. The summed E-state index contributed by atoms with van der Waals surface area (Å²) in [6.07, 6.45) is 1.58. The van der Waals surface area contributed by atoms with Gasteiger partial charge in [-0.25, -0.2) is 0 Å². The van der Waals surface area contributed by atoms with Crippen LogP contribution in [-0.2, 0) is 11.2 Å². The summed E-state index contributed by atoms with van der Waals surface area (Å²) in [5.41, 5.74) is 2.39. The van der Waals surface area contributed by atoms with E-state index in [-0.39, 0.29) is 12.0 Å². The average molecular weight is 284 g/mol. The first kappa shape index (κ1) is 11.5. The highest BCUT2D eigenvalue weighted by Gasteiger charge is 2.24. The van der Waals surface area contributed by atoms with E-state index in [0.717, 1.165) is 16.6 Å². The van der Waals surface area contributed by atoms with Crippen molar-refractivity contribution in [2.24, 2.45) is 5.92 Å².